The summed E-state index contributed by atoms with van der Waals surface area (Å²) in [6.45, 7) is 14.5. The van der Waals surface area contributed by atoms with E-state index in [1.165, 1.54) is 5.56 Å². The Morgan fingerprint density at radius 3 is 2.53 bits per heavy atom. The monoisotopic (exact) mass is 261 g/mol. The fraction of sp³-hybridized carbons (Fsp3) is 0.647. The Balaban J connectivity index is 2.16. The number of hydrogen-bond donors (Lipinski definition) is 1. The largest absolute Gasteiger partial charge is 0.486 e. The van der Waals surface area contributed by atoms with Crippen LogP contribution in [0.25, 0.3) is 0 Å². The average Bonchev–Trinajstić information content (AvgIpc) is 2.56. The average molecular weight is 261 g/mol. The molecule has 1 heterocycles. The van der Waals surface area contributed by atoms with Gasteiger partial charge >= 0.3 is 0 Å². The van der Waals surface area contributed by atoms with Crippen LogP contribution in [0.1, 0.15) is 53.1 Å². The van der Waals surface area contributed by atoms with E-state index in [0.717, 1.165) is 12.3 Å². The van der Waals surface area contributed by atoms with Crippen LogP contribution in [0.4, 0.5) is 0 Å². The van der Waals surface area contributed by atoms with E-state index in [0.29, 0.717) is 5.92 Å². The molecular weight excluding hydrogens is 234 g/mol. The summed E-state index contributed by atoms with van der Waals surface area (Å²) in [5.74, 6) is 1.67. The lowest BCUT2D eigenvalue weighted by molar-refractivity contribution is 0.0874. The van der Waals surface area contributed by atoms with E-state index < -0.39 is 0 Å². The van der Waals surface area contributed by atoms with Crippen molar-refractivity contribution in [3.63, 3.8) is 0 Å². The summed E-state index contributed by atoms with van der Waals surface area (Å²) in [5, 5.41) is 3.72. The van der Waals surface area contributed by atoms with E-state index in [1.54, 1.807) is 0 Å². The molecule has 0 aliphatic carbocycles. The SMILES string of the molecule is CC(C)C(C)(C)CNC1c2ccccc2OC1(C)C. The van der Waals surface area contributed by atoms with E-state index in [-0.39, 0.29) is 17.1 Å². The molecule has 1 N–H and O–H groups in total. The van der Waals surface area contributed by atoms with Crippen LogP contribution in [0, 0.1) is 11.3 Å². The van der Waals surface area contributed by atoms with E-state index in [9.17, 15) is 0 Å². The van der Waals surface area contributed by atoms with Crippen LogP contribution < -0.4 is 10.1 Å². The molecule has 0 saturated carbocycles. The number of nitrogens with one attached hydrogen (secondary N) is 1. The Kier molecular flexibility index (Phi) is 3.65. The second-order valence-electron chi connectivity index (χ2n) is 7.20. The van der Waals surface area contributed by atoms with Crippen molar-refractivity contribution in [1.82, 2.24) is 5.32 Å². The summed E-state index contributed by atoms with van der Waals surface area (Å²) in [7, 11) is 0. The molecule has 0 bridgehead atoms. The number of fused-ring (bicyclic) bond motifs is 1. The molecule has 0 amide bonds. The maximum atomic E-state index is 6.07. The van der Waals surface area contributed by atoms with E-state index >= 15 is 0 Å². The van der Waals surface area contributed by atoms with Crippen molar-refractivity contribution >= 4 is 0 Å². The summed E-state index contributed by atoms with van der Waals surface area (Å²) in [5.41, 5.74) is 1.39. The van der Waals surface area contributed by atoms with Crippen LogP contribution in [0.3, 0.4) is 0 Å². The lowest BCUT2D eigenvalue weighted by Gasteiger charge is -2.34. The van der Waals surface area contributed by atoms with Gasteiger partial charge in [-0.25, -0.2) is 0 Å². The standard InChI is InChI=1S/C17H27NO/c1-12(2)16(3,4)11-18-15-13-9-7-8-10-14(13)19-17(15,5)6/h7-10,12,15,18H,11H2,1-6H3. The molecule has 0 aromatic heterocycles. The summed E-state index contributed by atoms with van der Waals surface area (Å²) in [6.07, 6.45) is 0. The summed E-state index contributed by atoms with van der Waals surface area (Å²) in [6, 6.07) is 8.62. The van der Waals surface area contributed by atoms with Gasteiger partial charge in [-0.2, -0.15) is 0 Å². The van der Waals surface area contributed by atoms with E-state index in [4.69, 9.17) is 4.74 Å². The van der Waals surface area contributed by atoms with Gasteiger partial charge in [0.05, 0.1) is 6.04 Å². The summed E-state index contributed by atoms with van der Waals surface area (Å²) in [4.78, 5) is 0. The number of hydrogen-bond acceptors (Lipinski definition) is 2. The first-order chi connectivity index (χ1) is 8.74. The maximum absolute atomic E-state index is 6.07. The smallest absolute Gasteiger partial charge is 0.125 e. The van der Waals surface area contributed by atoms with Crippen molar-refractivity contribution in [2.24, 2.45) is 11.3 Å². The highest BCUT2D eigenvalue weighted by Crippen LogP contribution is 2.43. The Morgan fingerprint density at radius 2 is 1.89 bits per heavy atom. The van der Waals surface area contributed by atoms with Crippen LogP contribution in [0.5, 0.6) is 5.75 Å². The normalized spacial score (nSPS) is 21.3. The lowest BCUT2D eigenvalue weighted by atomic mass is 9.80. The molecule has 0 fully saturated rings. The molecule has 0 saturated heterocycles. The molecular formula is C17H27NO. The Bertz CT molecular complexity index is 448. The Labute approximate surface area is 117 Å². The molecule has 1 aliphatic rings. The van der Waals surface area contributed by atoms with Gasteiger partial charge in [0, 0.05) is 12.1 Å². The van der Waals surface area contributed by atoms with Gasteiger partial charge in [-0.3, -0.25) is 0 Å². The lowest BCUT2D eigenvalue weighted by Crippen LogP contribution is -2.43. The van der Waals surface area contributed by atoms with Gasteiger partial charge in [-0.1, -0.05) is 45.9 Å². The van der Waals surface area contributed by atoms with Gasteiger partial charge in [0.2, 0.25) is 0 Å². The van der Waals surface area contributed by atoms with Crippen LogP contribution >= 0.6 is 0 Å². The summed E-state index contributed by atoms with van der Waals surface area (Å²) >= 11 is 0. The van der Waals surface area contributed by atoms with Crippen molar-refractivity contribution in [3.05, 3.63) is 29.8 Å². The third-order valence-electron chi connectivity index (χ3n) is 4.62. The van der Waals surface area contributed by atoms with Gasteiger partial charge in [0.1, 0.15) is 11.4 Å². The minimum Gasteiger partial charge on any atom is -0.486 e. The predicted molar refractivity (Wildman–Crippen MR) is 80.5 cm³/mol. The minimum atomic E-state index is -0.184. The van der Waals surface area contributed by atoms with Gasteiger partial charge in [-0.15, -0.1) is 0 Å². The van der Waals surface area contributed by atoms with Crippen molar-refractivity contribution in [2.45, 2.75) is 53.2 Å². The Hall–Kier alpha value is -1.02. The predicted octanol–water partition coefficient (Wildman–Crippen LogP) is 4.17. The number of rotatable bonds is 4. The molecule has 1 aromatic rings. The van der Waals surface area contributed by atoms with Gasteiger partial charge < -0.3 is 10.1 Å². The highest BCUT2D eigenvalue weighted by molar-refractivity contribution is 5.42. The van der Waals surface area contributed by atoms with Crippen molar-refractivity contribution in [1.29, 1.82) is 0 Å². The van der Waals surface area contributed by atoms with Crippen LogP contribution in [-0.4, -0.2) is 12.1 Å². The third kappa shape index (κ3) is 2.79. The van der Waals surface area contributed by atoms with E-state index in [1.807, 2.05) is 6.07 Å². The molecule has 0 radical (unpaired) electrons. The highest BCUT2D eigenvalue weighted by atomic mass is 16.5. The van der Waals surface area contributed by atoms with Gasteiger partial charge in [-0.05, 0) is 31.2 Å². The first-order valence-electron chi connectivity index (χ1n) is 7.25. The molecule has 1 atom stereocenters. The quantitative estimate of drug-likeness (QED) is 0.878. The fourth-order valence-electron chi connectivity index (χ4n) is 2.45. The minimum absolute atomic E-state index is 0.184. The second kappa shape index (κ2) is 4.82. The number of ether oxygens (including phenoxy) is 1. The number of para-hydroxylation sites is 1. The molecule has 106 valence electrons. The summed E-state index contributed by atoms with van der Waals surface area (Å²) < 4.78 is 6.07. The molecule has 1 aromatic carbocycles. The first kappa shape index (κ1) is 14.4. The third-order valence-corrected chi connectivity index (χ3v) is 4.62. The van der Waals surface area contributed by atoms with Crippen LogP contribution in [-0.2, 0) is 0 Å². The van der Waals surface area contributed by atoms with Crippen molar-refractivity contribution < 1.29 is 4.74 Å². The zero-order valence-corrected chi connectivity index (χ0v) is 13.1. The van der Waals surface area contributed by atoms with Gasteiger partial charge in [0.25, 0.3) is 0 Å². The number of benzene rings is 1. The van der Waals surface area contributed by atoms with Crippen LogP contribution in [0.15, 0.2) is 24.3 Å². The van der Waals surface area contributed by atoms with E-state index in [2.05, 4.69) is 65.1 Å². The molecule has 1 aliphatic heterocycles. The van der Waals surface area contributed by atoms with Crippen molar-refractivity contribution in [3.8, 4) is 5.75 Å². The molecule has 1 unspecified atom stereocenters. The molecule has 0 spiro atoms. The topological polar surface area (TPSA) is 21.3 Å². The molecule has 2 heteroatoms. The van der Waals surface area contributed by atoms with Crippen molar-refractivity contribution in [2.75, 3.05) is 6.54 Å². The fourth-order valence-corrected chi connectivity index (χ4v) is 2.45. The molecule has 2 nitrogen and oxygen atoms in total. The Morgan fingerprint density at radius 1 is 1.26 bits per heavy atom. The molecule has 2 rings (SSSR count). The zero-order chi connectivity index (χ0) is 14.3. The molecule has 19 heavy (non-hydrogen) atoms. The first-order valence-corrected chi connectivity index (χ1v) is 7.25. The maximum Gasteiger partial charge on any atom is 0.125 e. The second-order valence-corrected chi connectivity index (χ2v) is 7.20. The zero-order valence-electron chi connectivity index (χ0n) is 13.1. The van der Waals surface area contributed by atoms with Gasteiger partial charge in [0.15, 0.2) is 0 Å². The highest BCUT2D eigenvalue weighted by Gasteiger charge is 2.41. The van der Waals surface area contributed by atoms with Crippen LogP contribution in [0.2, 0.25) is 0 Å².